The second-order valence-electron chi connectivity index (χ2n) is 8.93. The van der Waals surface area contributed by atoms with Gasteiger partial charge in [-0.05, 0) is 49.0 Å². The fourth-order valence-electron chi connectivity index (χ4n) is 5.76. The molecule has 0 fully saturated rings. The van der Waals surface area contributed by atoms with E-state index in [1.54, 1.807) is 0 Å². The zero-order valence-electron chi connectivity index (χ0n) is 16.0. The molecule has 0 bridgehead atoms. The summed E-state index contributed by atoms with van der Waals surface area (Å²) in [6.45, 7) is 9.42. The van der Waals surface area contributed by atoms with Crippen molar-refractivity contribution in [2.75, 3.05) is 5.32 Å². The Bertz CT molecular complexity index is 1050. The Morgan fingerprint density at radius 2 is 1.69 bits per heavy atom. The largest absolute Gasteiger partial charge is 0.376 e. The van der Waals surface area contributed by atoms with Gasteiger partial charge in [0.2, 0.25) is 0 Å². The van der Waals surface area contributed by atoms with Crippen molar-refractivity contribution in [1.82, 2.24) is 4.98 Å². The molecule has 132 valence electrons. The summed E-state index contributed by atoms with van der Waals surface area (Å²) in [5.41, 5.74) is 8.25. The van der Waals surface area contributed by atoms with E-state index in [4.69, 9.17) is 0 Å². The molecule has 5 rings (SSSR count). The molecule has 0 spiro atoms. The zero-order chi connectivity index (χ0) is 18.1. The molecule has 0 amide bonds. The van der Waals surface area contributed by atoms with Crippen LogP contribution in [0.25, 0.3) is 16.5 Å². The molecule has 1 aliphatic carbocycles. The van der Waals surface area contributed by atoms with Crippen LogP contribution in [0.4, 0.5) is 5.69 Å². The fourth-order valence-corrected chi connectivity index (χ4v) is 5.76. The molecule has 0 radical (unpaired) electrons. The van der Waals surface area contributed by atoms with Crippen LogP contribution in [0.3, 0.4) is 0 Å². The third kappa shape index (κ3) is 2.05. The van der Waals surface area contributed by atoms with Gasteiger partial charge < -0.3 is 10.3 Å². The van der Waals surface area contributed by atoms with Gasteiger partial charge in [-0.3, -0.25) is 0 Å². The minimum Gasteiger partial charge on any atom is -0.376 e. The van der Waals surface area contributed by atoms with Crippen molar-refractivity contribution in [2.45, 2.75) is 45.6 Å². The second kappa shape index (κ2) is 5.03. The molecule has 2 nitrogen and oxygen atoms in total. The molecule has 2 aromatic carbocycles. The Morgan fingerprint density at radius 1 is 0.962 bits per heavy atom. The zero-order valence-corrected chi connectivity index (χ0v) is 16.0. The van der Waals surface area contributed by atoms with Gasteiger partial charge in [-0.25, -0.2) is 0 Å². The lowest BCUT2D eigenvalue weighted by Gasteiger charge is -2.46. The van der Waals surface area contributed by atoms with Crippen LogP contribution < -0.4 is 5.32 Å². The van der Waals surface area contributed by atoms with Gasteiger partial charge in [-0.1, -0.05) is 56.3 Å². The molecule has 26 heavy (non-hydrogen) atoms. The van der Waals surface area contributed by atoms with Crippen LogP contribution in [0, 0.1) is 12.3 Å². The van der Waals surface area contributed by atoms with E-state index in [0.29, 0.717) is 5.92 Å². The van der Waals surface area contributed by atoms with Crippen LogP contribution in [-0.4, -0.2) is 10.5 Å². The molecule has 0 saturated carbocycles. The smallest absolute Gasteiger partial charge is 0.0608 e. The Labute approximate surface area is 155 Å². The van der Waals surface area contributed by atoms with Gasteiger partial charge in [0.15, 0.2) is 0 Å². The average Bonchev–Trinajstić information content (AvgIpc) is 3.06. The van der Waals surface area contributed by atoms with Crippen molar-refractivity contribution in [3.05, 3.63) is 71.4 Å². The van der Waals surface area contributed by atoms with E-state index in [1.165, 1.54) is 39.0 Å². The molecule has 2 heteroatoms. The Hall–Kier alpha value is -2.48. The van der Waals surface area contributed by atoms with Gasteiger partial charge in [0, 0.05) is 33.8 Å². The average molecular weight is 342 g/mol. The summed E-state index contributed by atoms with van der Waals surface area (Å²) in [6, 6.07) is 17.5. The number of H-pyrrole nitrogens is 1. The Kier molecular flexibility index (Phi) is 3.05. The monoisotopic (exact) mass is 342 g/mol. The van der Waals surface area contributed by atoms with E-state index in [1.807, 2.05) is 0 Å². The number of rotatable bonds is 1. The Balaban J connectivity index is 1.72. The first kappa shape index (κ1) is 15.7. The number of allylic oxidation sites excluding steroid dienone is 1. The third-order valence-electron chi connectivity index (χ3n) is 6.39. The number of aromatic nitrogens is 1. The van der Waals surface area contributed by atoms with Crippen molar-refractivity contribution in [3.8, 4) is 0 Å². The summed E-state index contributed by atoms with van der Waals surface area (Å²) in [4.78, 5) is 3.58. The molecule has 2 N–H and O–H groups in total. The van der Waals surface area contributed by atoms with Gasteiger partial charge in [0.05, 0.1) is 5.54 Å². The summed E-state index contributed by atoms with van der Waals surface area (Å²) in [5.74, 6) is 0.487. The summed E-state index contributed by atoms with van der Waals surface area (Å²) in [7, 11) is 0. The van der Waals surface area contributed by atoms with Crippen LogP contribution >= 0.6 is 0 Å². The van der Waals surface area contributed by atoms with E-state index in [2.05, 4.69) is 92.6 Å². The van der Waals surface area contributed by atoms with Crippen molar-refractivity contribution >= 4 is 22.2 Å². The first-order valence-corrected chi connectivity index (χ1v) is 9.56. The highest BCUT2D eigenvalue weighted by atomic mass is 15.0. The van der Waals surface area contributed by atoms with Crippen molar-refractivity contribution in [1.29, 1.82) is 0 Å². The molecular weight excluding hydrogens is 316 g/mol. The quantitative estimate of drug-likeness (QED) is 0.537. The van der Waals surface area contributed by atoms with Crippen molar-refractivity contribution < 1.29 is 0 Å². The van der Waals surface area contributed by atoms with Crippen LogP contribution in [0.1, 0.15) is 49.9 Å². The molecule has 2 aliphatic rings. The molecule has 3 aromatic rings. The maximum atomic E-state index is 3.84. The molecule has 0 unspecified atom stereocenters. The summed E-state index contributed by atoms with van der Waals surface area (Å²) < 4.78 is 0. The van der Waals surface area contributed by atoms with Gasteiger partial charge in [-0.2, -0.15) is 0 Å². The number of benzene rings is 2. The second-order valence-corrected chi connectivity index (χ2v) is 8.93. The van der Waals surface area contributed by atoms with E-state index in [9.17, 15) is 0 Å². The minimum absolute atomic E-state index is 0.0500. The highest BCUT2D eigenvalue weighted by Gasteiger charge is 2.51. The first-order chi connectivity index (χ1) is 12.4. The van der Waals surface area contributed by atoms with Gasteiger partial charge in [0.25, 0.3) is 0 Å². The van der Waals surface area contributed by atoms with Gasteiger partial charge >= 0.3 is 0 Å². The molecule has 2 heterocycles. The third-order valence-corrected chi connectivity index (χ3v) is 6.39. The van der Waals surface area contributed by atoms with Crippen molar-refractivity contribution in [3.63, 3.8) is 0 Å². The standard InChI is InChI=1S/C24H26N2/c1-15-21(17-9-5-7-11-19(17)25-15)16-13-23(2,3)22-18-10-6-8-12-20(18)26-24(22,4)14-16/h5-12,14,22,25-26H,13H2,1-4H3/t22-,24-/m1/s1. The number of aryl methyl sites for hydroxylation is 1. The Morgan fingerprint density at radius 3 is 2.54 bits per heavy atom. The predicted molar refractivity (Wildman–Crippen MR) is 111 cm³/mol. The highest BCUT2D eigenvalue weighted by Crippen LogP contribution is 2.59. The molecular formula is C24H26N2. The highest BCUT2D eigenvalue weighted by molar-refractivity contribution is 5.95. The topological polar surface area (TPSA) is 27.8 Å². The fraction of sp³-hybridized carbons (Fsp3) is 0.333. The summed E-state index contributed by atoms with van der Waals surface area (Å²) >= 11 is 0. The van der Waals surface area contributed by atoms with Gasteiger partial charge in [0.1, 0.15) is 0 Å². The number of para-hydroxylation sites is 2. The lowest BCUT2D eigenvalue weighted by atomic mass is 9.60. The summed E-state index contributed by atoms with van der Waals surface area (Å²) in [5, 5.41) is 5.18. The lowest BCUT2D eigenvalue weighted by molar-refractivity contribution is 0.238. The van der Waals surface area contributed by atoms with E-state index in [-0.39, 0.29) is 11.0 Å². The molecule has 2 atom stereocenters. The molecule has 0 saturated heterocycles. The van der Waals surface area contributed by atoms with E-state index < -0.39 is 0 Å². The lowest BCUT2D eigenvalue weighted by Crippen LogP contribution is -2.44. The van der Waals surface area contributed by atoms with Crippen molar-refractivity contribution in [2.24, 2.45) is 5.41 Å². The molecule has 1 aromatic heterocycles. The summed E-state index contributed by atoms with van der Waals surface area (Å²) in [6.07, 6.45) is 3.59. The SMILES string of the molecule is Cc1[nH]c2ccccc2c1C1=C[C@@]2(C)Nc3ccccc3[C@@H]2C(C)(C)C1. The minimum atomic E-state index is -0.0500. The normalized spacial score (nSPS) is 26.2. The number of nitrogens with one attached hydrogen (secondary N) is 2. The number of anilines is 1. The van der Waals surface area contributed by atoms with E-state index in [0.717, 1.165) is 6.42 Å². The maximum Gasteiger partial charge on any atom is 0.0608 e. The number of fused-ring (bicyclic) bond motifs is 4. The number of hydrogen-bond acceptors (Lipinski definition) is 1. The first-order valence-electron chi connectivity index (χ1n) is 9.56. The predicted octanol–water partition coefficient (Wildman–Crippen LogP) is 6.26. The van der Waals surface area contributed by atoms with Crippen LogP contribution in [0.15, 0.2) is 54.6 Å². The molecule has 1 aliphatic heterocycles. The number of hydrogen-bond donors (Lipinski definition) is 2. The van der Waals surface area contributed by atoms with Gasteiger partial charge in [-0.15, -0.1) is 0 Å². The van der Waals surface area contributed by atoms with E-state index >= 15 is 0 Å². The van der Waals surface area contributed by atoms with Crippen LogP contribution in [-0.2, 0) is 0 Å². The van der Waals surface area contributed by atoms with Crippen LogP contribution in [0.2, 0.25) is 0 Å². The maximum absolute atomic E-state index is 3.84. The number of aromatic amines is 1. The van der Waals surface area contributed by atoms with Crippen LogP contribution in [0.5, 0.6) is 0 Å².